The van der Waals surface area contributed by atoms with Crippen LogP contribution in [0.15, 0.2) is 24.3 Å². The average Bonchev–Trinajstić information content (AvgIpc) is 2.26. The molecule has 0 spiro atoms. The minimum atomic E-state index is -0.940. The van der Waals surface area contributed by atoms with E-state index in [-0.39, 0.29) is 0 Å². The maximum absolute atomic E-state index is 11.0. The Balaban J connectivity index is 3.19. The van der Waals surface area contributed by atoms with E-state index in [0.29, 0.717) is 11.3 Å². The second-order valence-corrected chi connectivity index (χ2v) is 3.52. The first kappa shape index (κ1) is 12.0. The molecule has 2 amide bonds. The van der Waals surface area contributed by atoms with Gasteiger partial charge < -0.3 is 10.8 Å². The van der Waals surface area contributed by atoms with Gasteiger partial charge in [0.05, 0.1) is 5.92 Å². The quantitative estimate of drug-likeness (QED) is 0.810. The van der Waals surface area contributed by atoms with Gasteiger partial charge in [-0.05, 0) is 18.6 Å². The summed E-state index contributed by atoms with van der Waals surface area (Å²) in [5, 5.41) is 8.95. The molecule has 1 aromatic carbocycles. The molecule has 0 saturated carbocycles. The van der Waals surface area contributed by atoms with Crippen LogP contribution in [0.4, 0.5) is 10.5 Å². The Hall–Kier alpha value is -2.04. The number of nitrogens with two attached hydrogens (primary N) is 1. The average molecular weight is 222 g/mol. The van der Waals surface area contributed by atoms with Crippen molar-refractivity contribution in [2.75, 3.05) is 11.9 Å². The highest BCUT2D eigenvalue weighted by Gasteiger charge is 2.20. The molecule has 16 heavy (non-hydrogen) atoms. The van der Waals surface area contributed by atoms with E-state index in [1.165, 1.54) is 11.9 Å². The topological polar surface area (TPSA) is 83.6 Å². The molecule has 0 heterocycles. The largest absolute Gasteiger partial charge is 0.481 e. The van der Waals surface area contributed by atoms with Crippen LogP contribution in [0.3, 0.4) is 0 Å². The van der Waals surface area contributed by atoms with Gasteiger partial charge in [0.2, 0.25) is 0 Å². The smallest absolute Gasteiger partial charge is 0.319 e. The number of nitrogens with zero attached hydrogens (tertiary/aromatic N) is 1. The number of hydrogen-bond acceptors (Lipinski definition) is 2. The lowest BCUT2D eigenvalue weighted by molar-refractivity contribution is -0.138. The van der Waals surface area contributed by atoms with E-state index < -0.39 is 17.9 Å². The van der Waals surface area contributed by atoms with E-state index in [2.05, 4.69) is 0 Å². The number of rotatable bonds is 3. The van der Waals surface area contributed by atoms with Gasteiger partial charge in [0.1, 0.15) is 0 Å². The standard InChI is InChI=1S/C11H14N2O3/c1-7(10(14)15)8-5-3-4-6-9(8)13(2)11(12)16/h3-7H,1-2H3,(H2,12,16)(H,14,15). The molecule has 0 bridgehead atoms. The van der Waals surface area contributed by atoms with Gasteiger partial charge >= 0.3 is 12.0 Å². The van der Waals surface area contributed by atoms with Crippen LogP contribution in [0.25, 0.3) is 0 Å². The van der Waals surface area contributed by atoms with Crippen molar-refractivity contribution in [3.8, 4) is 0 Å². The maximum Gasteiger partial charge on any atom is 0.319 e. The van der Waals surface area contributed by atoms with Gasteiger partial charge in [-0.15, -0.1) is 0 Å². The predicted octanol–water partition coefficient (Wildman–Crippen LogP) is 1.39. The molecule has 1 unspecified atom stereocenters. The van der Waals surface area contributed by atoms with Gasteiger partial charge in [-0.25, -0.2) is 4.79 Å². The van der Waals surface area contributed by atoms with E-state index in [1.54, 1.807) is 31.2 Å². The Bertz CT molecular complexity index is 378. The summed E-state index contributed by atoms with van der Waals surface area (Å²) in [5.41, 5.74) is 6.24. The monoisotopic (exact) mass is 222 g/mol. The highest BCUT2D eigenvalue weighted by atomic mass is 16.4. The van der Waals surface area contributed by atoms with Gasteiger partial charge in [-0.2, -0.15) is 0 Å². The zero-order valence-corrected chi connectivity index (χ0v) is 9.18. The van der Waals surface area contributed by atoms with Crippen molar-refractivity contribution in [1.82, 2.24) is 0 Å². The summed E-state index contributed by atoms with van der Waals surface area (Å²) in [6.45, 7) is 1.57. The number of hydrogen-bond donors (Lipinski definition) is 2. The molecule has 5 nitrogen and oxygen atoms in total. The highest BCUT2D eigenvalue weighted by molar-refractivity contribution is 5.92. The number of amides is 2. The molecule has 0 aliphatic carbocycles. The Morgan fingerprint density at radius 3 is 2.44 bits per heavy atom. The number of carboxylic acids is 1. The Labute approximate surface area is 93.5 Å². The molecule has 3 N–H and O–H groups in total. The summed E-state index contributed by atoms with van der Waals surface area (Å²) in [6.07, 6.45) is 0. The molecular formula is C11H14N2O3. The molecule has 0 saturated heterocycles. The lowest BCUT2D eigenvalue weighted by Crippen LogP contribution is -2.33. The van der Waals surface area contributed by atoms with Crippen LogP contribution in [0, 0.1) is 0 Å². The fraction of sp³-hybridized carbons (Fsp3) is 0.273. The highest BCUT2D eigenvalue weighted by Crippen LogP contribution is 2.26. The zero-order valence-electron chi connectivity index (χ0n) is 9.18. The Morgan fingerprint density at radius 1 is 1.38 bits per heavy atom. The lowest BCUT2D eigenvalue weighted by Gasteiger charge is -2.20. The van der Waals surface area contributed by atoms with Crippen LogP contribution in [0.2, 0.25) is 0 Å². The van der Waals surface area contributed by atoms with Crippen LogP contribution in [0.5, 0.6) is 0 Å². The van der Waals surface area contributed by atoms with Crippen molar-refractivity contribution in [2.45, 2.75) is 12.8 Å². The first-order valence-corrected chi connectivity index (χ1v) is 4.80. The second kappa shape index (κ2) is 4.65. The predicted molar refractivity (Wildman–Crippen MR) is 60.5 cm³/mol. The summed E-state index contributed by atoms with van der Waals surface area (Å²) in [4.78, 5) is 23.2. The number of primary amides is 1. The van der Waals surface area contributed by atoms with Crippen molar-refractivity contribution in [1.29, 1.82) is 0 Å². The third-order valence-electron chi connectivity index (χ3n) is 2.47. The van der Waals surface area contributed by atoms with Crippen molar-refractivity contribution in [3.63, 3.8) is 0 Å². The van der Waals surface area contributed by atoms with E-state index >= 15 is 0 Å². The summed E-state index contributed by atoms with van der Waals surface area (Å²) in [6, 6.07) is 6.18. The Kier molecular flexibility index (Phi) is 3.50. The fourth-order valence-electron chi connectivity index (χ4n) is 1.41. The van der Waals surface area contributed by atoms with Crippen molar-refractivity contribution in [2.24, 2.45) is 5.73 Å². The summed E-state index contributed by atoms with van der Waals surface area (Å²) in [7, 11) is 1.51. The van der Waals surface area contributed by atoms with Gasteiger partial charge in [-0.3, -0.25) is 9.69 Å². The van der Waals surface area contributed by atoms with E-state index in [0.717, 1.165) is 0 Å². The van der Waals surface area contributed by atoms with Crippen LogP contribution >= 0.6 is 0 Å². The number of carbonyl (C=O) groups is 2. The number of urea groups is 1. The number of benzene rings is 1. The SMILES string of the molecule is CC(C(=O)O)c1ccccc1N(C)C(N)=O. The van der Waals surface area contributed by atoms with Crippen LogP contribution < -0.4 is 10.6 Å². The van der Waals surface area contributed by atoms with Crippen LogP contribution in [0.1, 0.15) is 18.4 Å². The Morgan fingerprint density at radius 2 is 1.94 bits per heavy atom. The van der Waals surface area contributed by atoms with Gasteiger partial charge in [0.25, 0.3) is 0 Å². The molecule has 1 aromatic rings. The molecule has 0 aromatic heterocycles. The van der Waals surface area contributed by atoms with Crippen molar-refractivity contribution >= 4 is 17.7 Å². The van der Waals surface area contributed by atoms with Gasteiger partial charge in [-0.1, -0.05) is 18.2 Å². The van der Waals surface area contributed by atoms with Gasteiger partial charge in [0, 0.05) is 12.7 Å². The third-order valence-corrected chi connectivity index (χ3v) is 2.47. The summed E-state index contributed by atoms with van der Waals surface area (Å²) < 4.78 is 0. The third kappa shape index (κ3) is 2.31. The molecule has 86 valence electrons. The molecule has 0 aliphatic heterocycles. The normalized spacial score (nSPS) is 11.9. The van der Waals surface area contributed by atoms with Crippen LogP contribution in [-0.4, -0.2) is 24.2 Å². The number of carbonyl (C=O) groups excluding carboxylic acids is 1. The number of aliphatic carboxylic acids is 1. The van der Waals surface area contributed by atoms with Crippen molar-refractivity contribution < 1.29 is 14.7 Å². The minimum absolute atomic E-state index is 0.518. The second-order valence-electron chi connectivity index (χ2n) is 3.52. The first-order chi connectivity index (χ1) is 7.45. The van der Waals surface area contributed by atoms with Crippen LogP contribution in [-0.2, 0) is 4.79 Å². The van der Waals surface area contributed by atoms with E-state index in [4.69, 9.17) is 10.8 Å². The molecule has 1 rings (SSSR count). The number of para-hydroxylation sites is 1. The fourth-order valence-corrected chi connectivity index (χ4v) is 1.41. The number of carboxylic acid groups (broad SMARTS) is 1. The maximum atomic E-state index is 11.0. The summed E-state index contributed by atoms with van der Waals surface area (Å²) >= 11 is 0. The molecule has 5 heteroatoms. The zero-order chi connectivity index (χ0) is 12.3. The molecule has 0 radical (unpaired) electrons. The first-order valence-electron chi connectivity index (χ1n) is 4.80. The summed E-state index contributed by atoms with van der Waals surface area (Å²) in [5.74, 6) is -1.62. The van der Waals surface area contributed by atoms with E-state index in [1.807, 2.05) is 0 Å². The molecular weight excluding hydrogens is 208 g/mol. The van der Waals surface area contributed by atoms with E-state index in [9.17, 15) is 9.59 Å². The molecule has 1 atom stereocenters. The lowest BCUT2D eigenvalue weighted by atomic mass is 9.99. The molecule has 0 aliphatic rings. The van der Waals surface area contributed by atoms with Gasteiger partial charge in [0.15, 0.2) is 0 Å². The van der Waals surface area contributed by atoms with Crippen molar-refractivity contribution in [3.05, 3.63) is 29.8 Å². The minimum Gasteiger partial charge on any atom is -0.481 e. The molecule has 0 fully saturated rings. The number of anilines is 1.